The van der Waals surface area contributed by atoms with Gasteiger partial charge in [-0.15, -0.1) is 0 Å². The van der Waals surface area contributed by atoms with Crippen LogP contribution in [0.15, 0.2) is 0 Å². The average molecular weight is 628 g/mol. The summed E-state index contributed by atoms with van der Waals surface area (Å²) in [6.07, 6.45) is 13.9. The van der Waals surface area contributed by atoms with Crippen molar-refractivity contribution >= 4 is 71.5 Å². The fourth-order valence-electron chi connectivity index (χ4n) is 1.69. The third-order valence-corrected chi connectivity index (χ3v) is 82.2. The first-order valence-electron chi connectivity index (χ1n) is 6.41. The molecule has 0 spiro atoms. The van der Waals surface area contributed by atoms with E-state index in [-0.39, 0.29) is 0 Å². The molecular weight excluding hydrogens is 606 g/mol. The van der Waals surface area contributed by atoms with Crippen LogP contribution in [0, 0.1) is 0 Å². The molecule has 0 N–H and O–H groups in total. The van der Waals surface area contributed by atoms with Crippen LogP contribution in [-0.2, 0) is 0 Å². The van der Waals surface area contributed by atoms with Gasteiger partial charge in [0, 0.05) is 0 Å². The predicted molar refractivity (Wildman–Crippen MR) is 85.7 cm³/mol. The minimum absolute atomic E-state index is 1.10. The second-order valence-electron chi connectivity index (χ2n) is 4.10. The second kappa shape index (κ2) is 15.5. The van der Waals surface area contributed by atoms with Gasteiger partial charge in [-0.2, -0.15) is 0 Å². The van der Waals surface area contributed by atoms with E-state index in [0.717, 1.165) is 48.9 Å². The topological polar surface area (TPSA) is 0 Å². The van der Waals surface area contributed by atoms with E-state index < -0.39 is 0 Å². The SMILES string of the molecule is C1CCCCC[Se][Se][Se][Se][Se][Se]CCCCC1. The molecule has 1 aliphatic rings. The summed E-state index contributed by atoms with van der Waals surface area (Å²) in [6.45, 7) is 0. The summed E-state index contributed by atoms with van der Waals surface area (Å²) in [7, 11) is 0. The Morgan fingerprint density at radius 2 is 0.706 bits per heavy atom. The van der Waals surface area contributed by atoms with Crippen LogP contribution in [0.25, 0.3) is 0 Å². The third kappa shape index (κ3) is 13.8. The van der Waals surface area contributed by atoms with Gasteiger partial charge in [-0.05, 0) is 0 Å². The van der Waals surface area contributed by atoms with Crippen molar-refractivity contribution in [3.05, 3.63) is 0 Å². The minimum atomic E-state index is 1.10. The van der Waals surface area contributed by atoms with Gasteiger partial charge in [-0.25, -0.2) is 0 Å². The van der Waals surface area contributed by atoms with Gasteiger partial charge in [0.15, 0.2) is 0 Å². The molecule has 0 aromatic rings. The zero-order valence-electron chi connectivity index (χ0n) is 10.2. The van der Waals surface area contributed by atoms with Crippen LogP contribution in [0.4, 0.5) is 0 Å². The van der Waals surface area contributed by atoms with Crippen LogP contribution < -0.4 is 0 Å². The molecule has 0 unspecified atom stereocenters. The molecule has 1 saturated heterocycles. The molecule has 1 aliphatic heterocycles. The van der Waals surface area contributed by atoms with Gasteiger partial charge in [0.2, 0.25) is 0 Å². The molecule has 1 rings (SSSR count). The maximum absolute atomic E-state index is 1.63. The van der Waals surface area contributed by atoms with E-state index in [9.17, 15) is 0 Å². The Morgan fingerprint density at radius 3 is 1.12 bits per heavy atom. The van der Waals surface area contributed by atoms with Crippen molar-refractivity contribution in [2.24, 2.45) is 0 Å². The third-order valence-electron chi connectivity index (χ3n) is 2.63. The van der Waals surface area contributed by atoms with E-state index in [1.165, 1.54) is 54.7 Å². The van der Waals surface area contributed by atoms with Crippen molar-refractivity contribution in [3.63, 3.8) is 0 Å². The Hall–Kier alpha value is 3.12. The van der Waals surface area contributed by atoms with Crippen molar-refractivity contribution in [2.45, 2.75) is 68.4 Å². The molecule has 1 heterocycles. The van der Waals surface area contributed by atoms with E-state index in [0.29, 0.717) is 0 Å². The predicted octanol–water partition coefficient (Wildman–Crippen LogP) is 2.15. The molecule has 1 fully saturated rings. The van der Waals surface area contributed by atoms with Crippen molar-refractivity contribution < 1.29 is 0 Å². The number of rotatable bonds is 0. The van der Waals surface area contributed by atoms with Gasteiger partial charge in [0.25, 0.3) is 0 Å². The summed E-state index contributed by atoms with van der Waals surface area (Å²) in [5.74, 6) is 0. The Balaban J connectivity index is 2.01. The van der Waals surface area contributed by atoms with E-state index in [1.54, 1.807) is 36.3 Å². The first kappa shape index (κ1) is 18.2. The summed E-state index contributed by atoms with van der Waals surface area (Å²) in [6, 6.07) is 0. The molecule has 0 nitrogen and oxygen atoms in total. The Labute approximate surface area is 138 Å². The first-order valence-corrected chi connectivity index (χ1v) is 30.5. The molecule has 0 atom stereocenters. The molecule has 0 aromatic carbocycles. The zero-order valence-corrected chi connectivity index (χ0v) is 20.5. The van der Waals surface area contributed by atoms with Crippen LogP contribution in [0.1, 0.15) is 57.8 Å². The fourth-order valence-corrected chi connectivity index (χ4v) is 130. The molecule has 6 heteroatoms. The summed E-state index contributed by atoms with van der Waals surface area (Å²) < 4.78 is 0. The van der Waals surface area contributed by atoms with Gasteiger partial charge < -0.3 is 0 Å². The summed E-state index contributed by atoms with van der Waals surface area (Å²) >= 11 is 6.88. The van der Waals surface area contributed by atoms with E-state index in [4.69, 9.17) is 0 Å². The molecule has 0 radical (unpaired) electrons. The second-order valence-corrected chi connectivity index (χ2v) is 49.9. The summed E-state index contributed by atoms with van der Waals surface area (Å²) in [4.78, 5) is 0. The molecule has 102 valence electrons. The average Bonchev–Trinajstić information content (AvgIpc) is 2.35. The Kier molecular flexibility index (Phi) is 16.6. The molecule has 0 bridgehead atoms. The van der Waals surface area contributed by atoms with Gasteiger partial charge in [-0.3, -0.25) is 0 Å². The molecule has 0 aliphatic carbocycles. The van der Waals surface area contributed by atoms with Crippen molar-refractivity contribution in [2.75, 3.05) is 0 Å². The standard InChI is InChI=1S/C11H22Se6/c1-2-4-6-8-10-12-14-16-17-15-13-11-9-7-5-3-1/h1-11H2. The van der Waals surface area contributed by atoms with E-state index >= 15 is 0 Å². The first-order chi connectivity index (χ1) is 8.50. The molecule has 0 aromatic heterocycles. The molecule has 0 saturated carbocycles. The Morgan fingerprint density at radius 1 is 0.353 bits per heavy atom. The summed E-state index contributed by atoms with van der Waals surface area (Å²) in [5.41, 5.74) is 0. The van der Waals surface area contributed by atoms with Gasteiger partial charge in [0.1, 0.15) is 0 Å². The normalized spacial score (nSPS) is 24.0. The number of hydrogen-bond donors (Lipinski definition) is 0. The maximum atomic E-state index is 1.63. The fraction of sp³-hybridized carbons (Fsp3) is 1.00. The van der Waals surface area contributed by atoms with Crippen molar-refractivity contribution in [3.8, 4) is 0 Å². The van der Waals surface area contributed by atoms with E-state index in [2.05, 4.69) is 0 Å². The van der Waals surface area contributed by atoms with Crippen LogP contribution in [0.3, 0.4) is 0 Å². The van der Waals surface area contributed by atoms with E-state index in [1.807, 2.05) is 0 Å². The molecule has 17 heavy (non-hydrogen) atoms. The monoisotopic (exact) mass is 634 g/mol. The number of hydrogen-bond acceptors (Lipinski definition) is 0. The van der Waals surface area contributed by atoms with Gasteiger partial charge in [-0.1, -0.05) is 0 Å². The van der Waals surface area contributed by atoms with Crippen molar-refractivity contribution in [1.29, 1.82) is 0 Å². The zero-order chi connectivity index (χ0) is 12.0. The van der Waals surface area contributed by atoms with Crippen LogP contribution >= 0.6 is 0 Å². The Bertz CT molecular complexity index is 85.4. The summed E-state index contributed by atoms with van der Waals surface area (Å²) in [5, 5.41) is 3.26. The van der Waals surface area contributed by atoms with Gasteiger partial charge >= 0.3 is 140 Å². The van der Waals surface area contributed by atoms with Crippen LogP contribution in [-0.4, -0.2) is 71.5 Å². The van der Waals surface area contributed by atoms with Crippen molar-refractivity contribution in [1.82, 2.24) is 0 Å². The molecule has 0 amide bonds. The quantitative estimate of drug-likeness (QED) is 0.362. The van der Waals surface area contributed by atoms with Crippen LogP contribution in [0.2, 0.25) is 10.6 Å². The molecular formula is C11H22Se6. The van der Waals surface area contributed by atoms with Crippen LogP contribution in [0.5, 0.6) is 0 Å². The van der Waals surface area contributed by atoms with Gasteiger partial charge in [0.05, 0.1) is 0 Å².